The fourth-order valence-electron chi connectivity index (χ4n) is 3.10. The van der Waals surface area contributed by atoms with Crippen molar-refractivity contribution < 1.29 is 9.13 Å². The smallest absolute Gasteiger partial charge is 0.111 e. The molecule has 2 fully saturated rings. The van der Waals surface area contributed by atoms with Crippen molar-refractivity contribution in [2.45, 2.75) is 79.8 Å². The fourth-order valence-corrected chi connectivity index (χ4v) is 3.10. The van der Waals surface area contributed by atoms with E-state index in [1.807, 2.05) is 0 Å². The molecular formula is C17H33FO. The predicted octanol–water partition coefficient (Wildman–Crippen LogP) is 5.38. The van der Waals surface area contributed by atoms with Crippen molar-refractivity contribution in [1.82, 2.24) is 0 Å². The van der Waals surface area contributed by atoms with Crippen LogP contribution in [-0.4, -0.2) is 18.9 Å². The third kappa shape index (κ3) is 7.29. The zero-order valence-electron chi connectivity index (χ0n) is 14.0. The molecule has 1 heterocycles. The molecule has 0 bridgehead atoms. The topological polar surface area (TPSA) is 9.23 Å². The summed E-state index contributed by atoms with van der Waals surface area (Å²) in [5, 5.41) is 0. The second-order valence-electron chi connectivity index (χ2n) is 9.43. The Balaban J connectivity index is 0.000000191. The van der Waals surface area contributed by atoms with Gasteiger partial charge in [-0.2, -0.15) is 0 Å². The summed E-state index contributed by atoms with van der Waals surface area (Å²) >= 11 is 0. The van der Waals surface area contributed by atoms with Gasteiger partial charge in [0.05, 0.1) is 13.2 Å². The molecular weight excluding hydrogens is 239 g/mol. The van der Waals surface area contributed by atoms with Crippen molar-refractivity contribution in [3.8, 4) is 0 Å². The Morgan fingerprint density at radius 2 is 1.32 bits per heavy atom. The van der Waals surface area contributed by atoms with E-state index in [2.05, 4.69) is 48.5 Å². The highest BCUT2D eigenvalue weighted by atomic mass is 19.1. The van der Waals surface area contributed by atoms with Gasteiger partial charge in [0.2, 0.25) is 0 Å². The number of alkyl halides is 1. The highest BCUT2D eigenvalue weighted by molar-refractivity contribution is 4.96. The normalized spacial score (nSPS) is 24.0. The Labute approximate surface area is 119 Å². The molecule has 0 amide bonds. The molecule has 1 saturated carbocycles. The molecule has 1 saturated heterocycles. The van der Waals surface area contributed by atoms with Crippen molar-refractivity contribution in [2.24, 2.45) is 16.2 Å². The molecule has 19 heavy (non-hydrogen) atoms. The molecule has 0 aromatic heterocycles. The van der Waals surface area contributed by atoms with Gasteiger partial charge in [0.15, 0.2) is 0 Å². The van der Waals surface area contributed by atoms with E-state index >= 15 is 0 Å². The summed E-state index contributed by atoms with van der Waals surface area (Å²) in [6.45, 7) is 17.4. The van der Waals surface area contributed by atoms with Crippen LogP contribution in [0.3, 0.4) is 0 Å². The van der Waals surface area contributed by atoms with Gasteiger partial charge in [-0.1, -0.05) is 48.5 Å². The van der Waals surface area contributed by atoms with Gasteiger partial charge in [-0.05, 0) is 36.5 Å². The van der Waals surface area contributed by atoms with Crippen molar-refractivity contribution in [1.29, 1.82) is 0 Å². The summed E-state index contributed by atoms with van der Waals surface area (Å²) in [6, 6.07) is 0. The maximum absolute atomic E-state index is 13.0. The Hall–Kier alpha value is -0.110. The lowest BCUT2D eigenvalue weighted by Crippen LogP contribution is -2.42. The summed E-state index contributed by atoms with van der Waals surface area (Å²) < 4.78 is 18.2. The van der Waals surface area contributed by atoms with Gasteiger partial charge in [-0.25, -0.2) is 4.39 Å². The first-order chi connectivity index (χ1) is 8.33. The molecule has 2 rings (SSSR count). The molecule has 0 spiro atoms. The summed E-state index contributed by atoms with van der Waals surface area (Å²) in [5.41, 5.74) is 0.348. The molecule has 2 heteroatoms. The van der Waals surface area contributed by atoms with Crippen LogP contribution in [-0.2, 0) is 4.74 Å². The van der Waals surface area contributed by atoms with Crippen LogP contribution in [0.2, 0.25) is 0 Å². The minimum Gasteiger partial charge on any atom is -0.380 e. The number of rotatable bonds is 2. The molecule has 0 aromatic carbocycles. The van der Waals surface area contributed by atoms with E-state index in [0.29, 0.717) is 10.8 Å². The van der Waals surface area contributed by atoms with Crippen LogP contribution in [0.25, 0.3) is 0 Å². The Bertz CT molecular complexity index is 284. The molecule has 1 aliphatic heterocycles. The highest BCUT2D eigenvalue weighted by Gasteiger charge is 2.45. The molecule has 1 nitrogen and oxygen atoms in total. The van der Waals surface area contributed by atoms with E-state index in [1.54, 1.807) is 0 Å². The molecule has 2 aliphatic rings. The van der Waals surface area contributed by atoms with Crippen molar-refractivity contribution in [2.75, 3.05) is 13.2 Å². The maximum atomic E-state index is 13.0. The highest BCUT2D eigenvalue weighted by Crippen LogP contribution is 2.47. The second kappa shape index (κ2) is 5.35. The molecule has 0 radical (unpaired) electrons. The SMILES string of the molecule is CC(C)(C)CC1(C)COC1.CC(C)(C)CC1(F)CC1. The molecule has 0 aromatic rings. The molecule has 0 atom stereocenters. The van der Waals surface area contributed by atoms with E-state index in [1.165, 1.54) is 6.42 Å². The van der Waals surface area contributed by atoms with Gasteiger partial charge in [-0.15, -0.1) is 0 Å². The van der Waals surface area contributed by atoms with Crippen LogP contribution in [0.15, 0.2) is 0 Å². The molecule has 0 unspecified atom stereocenters. The number of hydrogen-bond acceptors (Lipinski definition) is 1. The van der Waals surface area contributed by atoms with Crippen molar-refractivity contribution in [3.63, 3.8) is 0 Å². The maximum Gasteiger partial charge on any atom is 0.111 e. The lowest BCUT2D eigenvalue weighted by Gasteiger charge is -2.42. The minimum absolute atomic E-state index is 0.172. The monoisotopic (exact) mass is 272 g/mol. The van der Waals surface area contributed by atoms with Gasteiger partial charge < -0.3 is 4.74 Å². The van der Waals surface area contributed by atoms with Gasteiger partial charge in [0, 0.05) is 5.41 Å². The second-order valence-corrected chi connectivity index (χ2v) is 9.43. The molecule has 1 aliphatic carbocycles. The fraction of sp³-hybridized carbons (Fsp3) is 1.00. The summed E-state index contributed by atoms with van der Waals surface area (Å²) in [4.78, 5) is 0. The van der Waals surface area contributed by atoms with Crippen molar-refractivity contribution >= 4 is 0 Å². The van der Waals surface area contributed by atoms with Crippen molar-refractivity contribution in [3.05, 3.63) is 0 Å². The Morgan fingerprint density at radius 1 is 0.895 bits per heavy atom. The van der Waals surface area contributed by atoms with Crippen LogP contribution < -0.4 is 0 Å². The third-order valence-corrected chi connectivity index (χ3v) is 3.50. The number of halogens is 1. The standard InChI is InChI=1S/C9H18O.C8H15F/c1-8(2,3)5-9(4)6-10-7-9;1-7(2,3)6-8(9)4-5-8/h5-7H2,1-4H3;4-6H2,1-3H3. The van der Waals surface area contributed by atoms with Crippen LogP contribution in [0.1, 0.15) is 74.1 Å². The van der Waals surface area contributed by atoms with E-state index in [4.69, 9.17) is 4.74 Å². The lowest BCUT2D eigenvalue weighted by molar-refractivity contribution is -0.119. The van der Waals surface area contributed by atoms with Gasteiger partial charge in [0.25, 0.3) is 0 Å². The first-order valence-electron chi connectivity index (χ1n) is 7.59. The summed E-state index contributed by atoms with van der Waals surface area (Å²) in [6.07, 6.45) is 3.61. The Kier molecular flexibility index (Phi) is 4.77. The number of ether oxygens (including phenoxy) is 1. The van der Waals surface area contributed by atoms with Crippen LogP contribution in [0.4, 0.5) is 4.39 Å². The molecule has 114 valence electrons. The van der Waals surface area contributed by atoms with Crippen LogP contribution in [0.5, 0.6) is 0 Å². The zero-order chi connectivity index (χ0) is 14.9. The summed E-state index contributed by atoms with van der Waals surface area (Å²) in [7, 11) is 0. The predicted molar refractivity (Wildman–Crippen MR) is 80.1 cm³/mol. The van der Waals surface area contributed by atoms with E-state index < -0.39 is 5.67 Å². The minimum atomic E-state index is -0.766. The van der Waals surface area contributed by atoms with E-state index in [9.17, 15) is 4.39 Å². The number of hydrogen-bond donors (Lipinski definition) is 0. The van der Waals surface area contributed by atoms with Crippen LogP contribution >= 0.6 is 0 Å². The van der Waals surface area contributed by atoms with E-state index in [0.717, 1.165) is 32.5 Å². The van der Waals surface area contributed by atoms with Crippen LogP contribution in [0, 0.1) is 16.2 Å². The molecule has 0 N–H and O–H groups in total. The summed E-state index contributed by atoms with van der Waals surface area (Å²) in [5.74, 6) is 0. The van der Waals surface area contributed by atoms with Gasteiger partial charge >= 0.3 is 0 Å². The third-order valence-electron chi connectivity index (χ3n) is 3.50. The van der Waals surface area contributed by atoms with E-state index in [-0.39, 0.29) is 5.41 Å². The Morgan fingerprint density at radius 3 is 1.42 bits per heavy atom. The van der Waals surface area contributed by atoms with Gasteiger partial charge in [0.1, 0.15) is 5.67 Å². The first-order valence-corrected chi connectivity index (χ1v) is 7.59. The average molecular weight is 272 g/mol. The average Bonchev–Trinajstić information content (AvgIpc) is 2.75. The zero-order valence-corrected chi connectivity index (χ0v) is 14.0. The lowest BCUT2D eigenvalue weighted by atomic mass is 9.74. The first kappa shape index (κ1) is 16.9. The largest absolute Gasteiger partial charge is 0.380 e. The quantitative estimate of drug-likeness (QED) is 0.655. The van der Waals surface area contributed by atoms with Gasteiger partial charge in [-0.3, -0.25) is 0 Å².